The molecule has 96 valence electrons. The van der Waals surface area contributed by atoms with Crippen LogP contribution in [-0.2, 0) is 6.42 Å². The van der Waals surface area contributed by atoms with Gasteiger partial charge in [-0.3, -0.25) is 0 Å². The first-order valence-corrected chi connectivity index (χ1v) is 6.72. The van der Waals surface area contributed by atoms with Crippen LogP contribution in [-0.4, -0.2) is 7.11 Å². The van der Waals surface area contributed by atoms with E-state index in [1.54, 1.807) is 7.11 Å². The normalized spacial score (nSPS) is 27.5. The Labute approximate surface area is 110 Å². The van der Waals surface area contributed by atoms with Gasteiger partial charge >= 0.3 is 0 Å². The minimum atomic E-state index is -0.154. The predicted octanol–water partition coefficient (Wildman–Crippen LogP) is 3.96. The topological polar surface area (TPSA) is 33.0 Å². The molecule has 0 aromatic heterocycles. The van der Waals surface area contributed by atoms with E-state index in [9.17, 15) is 5.26 Å². The number of benzene rings is 1. The maximum Gasteiger partial charge on any atom is 0.119 e. The third-order valence-corrected chi connectivity index (χ3v) is 4.15. The average Bonchev–Trinajstić information content (AvgIpc) is 2.42. The fourth-order valence-corrected chi connectivity index (χ4v) is 2.82. The summed E-state index contributed by atoms with van der Waals surface area (Å²) in [7, 11) is 1.68. The molecule has 2 nitrogen and oxygen atoms in total. The minimum Gasteiger partial charge on any atom is -0.497 e. The van der Waals surface area contributed by atoms with Gasteiger partial charge in [-0.2, -0.15) is 5.26 Å². The summed E-state index contributed by atoms with van der Waals surface area (Å²) in [5.74, 6) is 1.65. The van der Waals surface area contributed by atoms with Crippen LogP contribution in [0, 0.1) is 22.7 Å². The summed E-state index contributed by atoms with van der Waals surface area (Å²) in [5.41, 5.74) is 1.06. The monoisotopic (exact) mass is 243 g/mol. The summed E-state index contributed by atoms with van der Waals surface area (Å²) in [4.78, 5) is 0. The van der Waals surface area contributed by atoms with Crippen molar-refractivity contribution in [3.63, 3.8) is 0 Å². The van der Waals surface area contributed by atoms with Crippen molar-refractivity contribution < 1.29 is 4.74 Å². The highest BCUT2D eigenvalue weighted by Crippen LogP contribution is 2.41. The van der Waals surface area contributed by atoms with Crippen LogP contribution in [0.2, 0.25) is 0 Å². The van der Waals surface area contributed by atoms with Crippen molar-refractivity contribution >= 4 is 0 Å². The molecule has 0 N–H and O–H groups in total. The molecule has 2 rings (SSSR count). The SMILES string of the molecule is COc1cccc(CC2(C#N)CCC(C)CC2)c1. The van der Waals surface area contributed by atoms with Gasteiger partial charge in [-0.05, 0) is 55.7 Å². The summed E-state index contributed by atoms with van der Waals surface area (Å²) in [6, 6.07) is 10.7. The largest absolute Gasteiger partial charge is 0.497 e. The lowest BCUT2D eigenvalue weighted by molar-refractivity contribution is 0.218. The van der Waals surface area contributed by atoms with E-state index < -0.39 is 0 Å². The van der Waals surface area contributed by atoms with Crippen molar-refractivity contribution in [2.24, 2.45) is 11.3 Å². The second-order valence-electron chi connectivity index (χ2n) is 5.60. The van der Waals surface area contributed by atoms with Gasteiger partial charge in [0.15, 0.2) is 0 Å². The van der Waals surface area contributed by atoms with Crippen LogP contribution in [0.15, 0.2) is 24.3 Å². The van der Waals surface area contributed by atoms with Gasteiger partial charge in [0.05, 0.1) is 18.6 Å². The van der Waals surface area contributed by atoms with Crippen molar-refractivity contribution in [2.75, 3.05) is 7.11 Å². The molecule has 1 saturated carbocycles. The van der Waals surface area contributed by atoms with Gasteiger partial charge < -0.3 is 4.74 Å². The Hall–Kier alpha value is -1.49. The first-order valence-electron chi connectivity index (χ1n) is 6.72. The first kappa shape index (κ1) is 13.0. The van der Waals surface area contributed by atoms with Gasteiger partial charge in [-0.25, -0.2) is 0 Å². The summed E-state index contributed by atoms with van der Waals surface area (Å²) in [6.07, 6.45) is 5.27. The highest BCUT2D eigenvalue weighted by molar-refractivity contribution is 5.30. The Balaban J connectivity index is 2.13. The molecule has 1 aromatic rings. The number of methoxy groups -OCH3 is 1. The van der Waals surface area contributed by atoms with Crippen molar-refractivity contribution in [1.82, 2.24) is 0 Å². The van der Waals surface area contributed by atoms with Crippen LogP contribution < -0.4 is 4.74 Å². The quantitative estimate of drug-likeness (QED) is 0.805. The van der Waals surface area contributed by atoms with Gasteiger partial charge in [-0.15, -0.1) is 0 Å². The van der Waals surface area contributed by atoms with E-state index in [2.05, 4.69) is 25.1 Å². The zero-order chi connectivity index (χ0) is 13.0. The molecule has 0 saturated heterocycles. The Morgan fingerprint density at radius 3 is 2.72 bits per heavy atom. The summed E-state index contributed by atoms with van der Waals surface area (Å²) >= 11 is 0. The Bertz CT molecular complexity index is 439. The molecular formula is C16H21NO. The number of rotatable bonds is 3. The molecule has 0 radical (unpaired) electrons. The highest BCUT2D eigenvalue weighted by atomic mass is 16.5. The van der Waals surface area contributed by atoms with Crippen LogP contribution in [0.4, 0.5) is 0 Å². The van der Waals surface area contributed by atoms with Crippen LogP contribution in [0.1, 0.15) is 38.2 Å². The van der Waals surface area contributed by atoms with E-state index in [0.717, 1.165) is 30.9 Å². The molecule has 0 atom stereocenters. The Morgan fingerprint density at radius 2 is 2.11 bits per heavy atom. The fraction of sp³-hybridized carbons (Fsp3) is 0.562. The number of ether oxygens (including phenoxy) is 1. The molecule has 0 heterocycles. The maximum atomic E-state index is 9.53. The van der Waals surface area contributed by atoms with Crippen molar-refractivity contribution in [3.8, 4) is 11.8 Å². The zero-order valence-corrected chi connectivity index (χ0v) is 11.3. The molecular weight excluding hydrogens is 222 g/mol. The van der Waals surface area contributed by atoms with E-state index in [1.807, 2.05) is 12.1 Å². The van der Waals surface area contributed by atoms with E-state index in [0.29, 0.717) is 0 Å². The molecule has 18 heavy (non-hydrogen) atoms. The second-order valence-corrected chi connectivity index (χ2v) is 5.60. The van der Waals surface area contributed by atoms with Gasteiger partial charge in [0.1, 0.15) is 5.75 Å². The number of nitrogens with zero attached hydrogens (tertiary/aromatic N) is 1. The molecule has 0 aliphatic heterocycles. The van der Waals surface area contributed by atoms with Crippen LogP contribution in [0.25, 0.3) is 0 Å². The second kappa shape index (κ2) is 5.44. The number of hydrogen-bond acceptors (Lipinski definition) is 2. The van der Waals surface area contributed by atoms with E-state index in [1.165, 1.54) is 18.4 Å². The molecule has 0 unspecified atom stereocenters. The molecule has 1 fully saturated rings. The van der Waals surface area contributed by atoms with Crippen molar-refractivity contribution in [1.29, 1.82) is 5.26 Å². The lowest BCUT2D eigenvalue weighted by Gasteiger charge is -2.33. The lowest BCUT2D eigenvalue weighted by Crippen LogP contribution is -2.27. The van der Waals surface area contributed by atoms with Crippen LogP contribution in [0.3, 0.4) is 0 Å². The molecule has 0 bridgehead atoms. The van der Waals surface area contributed by atoms with Crippen LogP contribution >= 0.6 is 0 Å². The standard InChI is InChI=1S/C16H21NO/c1-13-6-8-16(12-17,9-7-13)11-14-4-3-5-15(10-14)18-2/h3-5,10,13H,6-9,11H2,1-2H3. The van der Waals surface area contributed by atoms with E-state index >= 15 is 0 Å². The maximum absolute atomic E-state index is 9.53. The molecule has 1 aliphatic carbocycles. The van der Waals surface area contributed by atoms with Crippen molar-refractivity contribution in [2.45, 2.75) is 39.0 Å². The Morgan fingerprint density at radius 1 is 1.39 bits per heavy atom. The summed E-state index contributed by atoms with van der Waals surface area (Å²) in [6.45, 7) is 2.28. The van der Waals surface area contributed by atoms with Gasteiger partial charge in [0.2, 0.25) is 0 Å². The number of nitriles is 1. The first-order chi connectivity index (χ1) is 8.67. The number of hydrogen-bond donors (Lipinski definition) is 0. The highest BCUT2D eigenvalue weighted by Gasteiger charge is 2.34. The van der Waals surface area contributed by atoms with Crippen molar-refractivity contribution in [3.05, 3.63) is 29.8 Å². The Kier molecular flexibility index (Phi) is 3.91. The summed E-state index contributed by atoms with van der Waals surface area (Å²) in [5, 5.41) is 9.53. The van der Waals surface area contributed by atoms with Gasteiger partial charge in [0, 0.05) is 0 Å². The summed E-state index contributed by atoms with van der Waals surface area (Å²) < 4.78 is 5.24. The van der Waals surface area contributed by atoms with Gasteiger partial charge in [0.25, 0.3) is 0 Å². The minimum absolute atomic E-state index is 0.154. The molecule has 1 aliphatic rings. The predicted molar refractivity (Wildman–Crippen MR) is 72.4 cm³/mol. The van der Waals surface area contributed by atoms with Gasteiger partial charge in [-0.1, -0.05) is 19.1 Å². The third-order valence-electron chi connectivity index (χ3n) is 4.15. The lowest BCUT2D eigenvalue weighted by atomic mass is 9.69. The molecule has 0 spiro atoms. The van der Waals surface area contributed by atoms with E-state index in [4.69, 9.17) is 4.74 Å². The molecule has 2 heteroatoms. The zero-order valence-electron chi connectivity index (χ0n) is 11.3. The third kappa shape index (κ3) is 2.85. The molecule has 0 amide bonds. The van der Waals surface area contributed by atoms with E-state index in [-0.39, 0.29) is 5.41 Å². The fourth-order valence-electron chi connectivity index (χ4n) is 2.82. The smallest absolute Gasteiger partial charge is 0.119 e. The molecule has 1 aromatic carbocycles. The average molecular weight is 243 g/mol. The van der Waals surface area contributed by atoms with Crippen LogP contribution in [0.5, 0.6) is 5.75 Å².